The number of likely N-dealkylation sites (N-methyl/N-ethyl adjacent to an activating group) is 1. The van der Waals surface area contributed by atoms with Crippen LogP contribution in [0.2, 0.25) is 0 Å². The van der Waals surface area contributed by atoms with Crippen LogP contribution in [0.15, 0.2) is 12.3 Å². The van der Waals surface area contributed by atoms with Crippen LogP contribution in [0.4, 0.5) is 19.1 Å². The van der Waals surface area contributed by atoms with Gasteiger partial charge in [0.1, 0.15) is 5.69 Å². The molecule has 7 heteroatoms. The zero-order valence-electron chi connectivity index (χ0n) is 11.7. The second-order valence-electron chi connectivity index (χ2n) is 4.85. The fourth-order valence-electron chi connectivity index (χ4n) is 2.62. The van der Waals surface area contributed by atoms with Crippen molar-refractivity contribution in [3.05, 3.63) is 18.0 Å². The van der Waals surface area contributed by atoms with Gasteiger partial charge in [0.25, 0.3) is 0 Å². The fourth-order valence-corrected chi connectivity index (χ4v) is 2.62. The van der Waals surface area contributed by atoms with Crippen molar-refractivity contribution in [2.45, 2.75) is 32.5 Å². The summed E-state index contributed by atoms with van der Waals surface area (Å²) < 4.78 is 38.0. The van der Waals surface area contributed by atoms with Crippen molar-refractivity contribution >= 4 is 5.95 Å². The van der Waals surface area contributed by atoms with E-state index < -0.39 is 11.9 Å². The highest BCUT2D eigenvalue weighted by atomic mass is 19.4. The van der Waals surface area contributed by atoms with Gasteiger partial charge in [-0.15, -0.1) is 0 Å². The summed E-state index contributed by atoms with van der Waals surface area (Å²) in [7, 11) is 0. The van der Waals surface area contributed by atoms with Crippen LogP contribution in [0.3, 0.4) is 0 Å². The van der Waals surface area contributed by atoms with Crippen molar-refractivity contribution in [2.24, 2.45) is 0 Å². The van der Waals surface area contributed by atoms with Gasteiger partial charge in [-0.05, 0) is 25.6 Å². The number of nitrogens with zero attached hydrogens (tertiary/aromatic N) is 4. The molecule has 0 aromatic carbocycles. The summed E-state index contributed by atoms with van der Waals surface area (Å²) in [5, 5.41) is 0. The molecular formula is C13H19F3N4. The van der Waals surface area contributed by atoms with Crippen LogP contribution in [0.5, 0.6) is 0 Å². The molecule has 112 valence electrons. The second kappa shape index (κ2) is 5.95. The molecule has 20 heavy (non-hydrogen) atoms. The summed E-state index contributed by atoms with van der Waals surface area (Å²) in [5.74, 6) is 0.175. The average Bonchev–Trinajstić information content (AvgIpc) is 2.89. The Hall–Kier alpha value is -1.37. The third kappa shape index (κ3) is 3.20. The van der Waals surface area contributed by atoms with Gasteiger partial charge in [-0.1, -0.05) is 13.8 Å². The van der Waals surface area contributed by atoms with E-state index >= 15 is 0 Å². The highest BCUT2D eigenvalue weighted by Crippen LogP contribution is 2.29. The number of rotatable bonds is 4. The third-order valence-electron chi connectivity index (χ3n) is 3.71. The van der Waals surface area contributed by atoms with Crippen LogP contribution >= 0.6 is 0 Å². The van der Waals surface area contributed by atoms with Crippen LogP contribution in [0.1, 0.15) is 26.0 Å². The lowest BCUT2D eigenvalue weighted by Crippen LogP contribution is -2.37. The first kappa shape index (κ1) is 15.0. The van der Waals surface area contributed by atoms with E-state index in [2.05, 4.69) is 28.7 Å². The number of halogens is 3. The second-order valence-corrected chi connectivity index (χ2v) is 4.85. The van der Waals surface area contributed by atoms with Crippen LogP contribution in [0.25, 0.3) is 0 Å². The van der Waals surface area contributed by atoms with Gasteiger partial charge in [-0.2, -0.15) is 13.2 Å². The maximum atomic E-state index is 12.7. The number of alkyl halides is 3. The van der Waals surface area contributed by atoms with Gasteiger partial charge in [-0.3, -0.25) is 4.90 Å². The maximum absolute atomic E-state index is 12.7. The van der Waals surface area contributed by atoms with Crippen molar-refractivity contribution in [2.75, 3.05) is 31.1 Å². The largest absolute Gasteiger partial charge is 0.433 e. The Morgan fingerprint density at radius 1 is 1.35 bits per heavy atom. The summed E-state index contributed by atoms with van der Waals surface area (Å²) >= 11 is 0. The molecule has 2 heterocycles. The standard InChI is InChI=1S/C13H19F3N4/c1-3-19(4-2)10-6-8-20(9-10)12-17-7-5-11(18-12)13(14,15)16/h5,7,10H,3-4,6,8-9H2,1-2H3/t10-/m1/s1. The Morgan fingerprint density at radius 2 is 2.05 bits per heavy atom. The van der Waals surface area contributed by atoms with Crippen LogP contribution in [-0.2, 0) is 6.18 Å². The number of anilines is 1. The summed E-state index contributed by atoms with van der Waals surface area (Å²) in [6.07, 6.45) is -2.31. The number of hydrogen-bond donors (Lipinski definition) is 0. The molecule has 0 bridgehead atoms. The van der Waals surface area contributed by atoms with Crippen molar-refractivity contribution in [3.63, 3.8) is 0 Å². The highest BCUT2D eigenvalue weighted by Gasteiger charge is 2.34. The van der Waals surface area contributed by atoms with E-state index in [1.54, 1.807) is 0 Å². The van der Waals surface area contributed by atoms with Crippen molar-refractivity contribution in [3.8, 4) is 0 Å². The van der Waals surface area contributed by atoms with E-state index in [0.29, 0.717) is 19.1 Å². The predicted molar refractivity (Wildman–Crippen MR) is 70.6 cm³/mol. The normalized spacial score (nSPS) is 19.9. The van der Waals surface area contributed by atoms with Gasteiger partial charge < -0.3 is 4.90 Å². The molecule has 0 unspecified atom stereocenters. The van der Waals surface area contributed by atoms with E-state index in [1.165, 1.54) is 6.20 Å². The maximum Gasteiger partial charge on any atom is 0.433 e. The lowest BCUT2D eigenvalue weighted by molar-refractivity contribution is -0.141. The van der Waals surface area contributed by atoms with Crippen LogP contribution < -0.4 is 4.90 Å². The molecule has 0 radical (unpaired) electrons. The van der Waals surface area contributed by atoms with Crippen molar-refractivity contribution in [1.82, 2.24) is 14.9 Å². The van der Waals surface area contributed by atoms with Gasteiger partial charge >= 0.3 is 6.18 Å². The Bertz CT molecular complexity index is 445. The van der Waals surface area contributed by atoms with E-state index in [0.717, 1.165) is 25.6 Å². The minimum atomic E-state index is -4.42. The SMILES string of the molecule is CCN(CC)[C@@H]1CCN(c2nccc(C(F)(F)F)n2)C1. The zero-order chi connectivity index (χ0) is 14.8. The lowest BCUT2D eigenvalue weighted by atomic mass is 10.2. The first-order valence-electron chi connectivity index (χ1n) is 6.85. The van der Waals surface area contributed by atoms with Crippen molar-refractivity contribution in [1.29, 1.82) is 0 Å². The first-order chi connectivity index (χ1) is 9.45. The predicted octanol–water partition coefficient (Wildman–Crippen LogP) is 2.42. The molecule has 0 amide bonds. The van der Waals surface area contributed by atoms with Crippen LogP contribution in [-0.4, -0.2) is 47.1 Å². The monoisotopic (exact) mass is 288 g/mol. The molecule has 1 atom stereocenters. The van der Waals surface area contributed by atoms with Gasteiger partial charge in [0.05, 0.1) is 0 Å². The zero-order valence-corrected chi connectivity index (χ0v) is 11.7. The summed E-state index contributed by atoms with van der Waals surface area (Å²) in [6, 6.07) is 1.27. The number of hydrogen-bond acceptors (Lipinski definition) is 4. The Balaban J connectivity index is 2.10. The van der Waals surface area contributed by atoms with Gasteiger partial charge in [0.2, 0.25) is 5.95 Å². The molecule has 0 spiro atoms. The van der Waals surface area contributed by atoms with Gasteiger partial charge in [0, 0.05) is 25.3 Å². The van der Waals surface area contributed by atoms with E-state index in [4.69, 9.17) is 0 Å². The topological polar surface area (TPSA) is 32.3 Å². The molecule has 1 saturated heterocycles. The molecule has 0 aliphatic carbocycles. The third-order valence-corrected chi connectivity index (χ3v) is 3.71. The molecule has 1 aliphatic rings. The molecule has 0 N–H and O–H groups in total. The smallest absolute Gasteiger partial charge is 0.339 e. The Morgan fingerprint density at radius 3 is 2.65 bits per heavy atom. The fraction of sp³-hybridized carbons (Fsp3) is 0.692. The molecule has 1 fully saturated rings. The van der Waals surface area contributed by atoms with Gasteiger partial charge in [-0.25, -0.2) is 9.97 Å². The highest BCUT2D eigenvalue weighted by molar-refractivity contribution is 5.33. The Kier molecular flexibility index (Phi) is 4.47. The first-order valence-corrected chi connectivity index (χ1v) is 6.85. The molecule has 2 rings (SSSR count). The lowest BCUT2D eigenvalue weighted by Gasteiger charge is -2.26. The molecule has 1 aromatic rings. The summed E-state index contributed by atoms with van der Waals surface area (Å²) in [6.45, 7) is 7.45. The van der Waals surface area contributed by atoms with E-state index in [-0.39, 0.29) is 5.95 Å². The molecule has 1 aromatic heterocycles. The summed E-state index contributed by atoms with van der Waals surface area (Å²) in [4.78, 5) is 11.8. The molecular weight excluding hydrogens is 269 g/mol. The minimum absolute atomic E-state index is 0.175. The van der Waals surface area contributed by atoms with Gasteiger partial charge in [0.15, 0.2) is 0 Å². The average molecular weight is 288 g/mol. The Labute approximate surface area is 116 Å². The molecule has 4 nitrogen and oxygen atoms in total. The van der Waals surface area contributed by atoms with Crippen LogP contribution in [0, 0.1) is 0 Å². The summed E-state index contributed by atoms with van der Waals surface area (Å²) in [5.41, 5.74) is -0.881. The van der Waals surface area contributed by atoms with E-state index in [1.807, 2.05) is 4.90 Å². The molecule has 0 saturated carbocycles. The molecule has 1 aliphatic heterocycles. The number of aromatic nitrogens is 2. The minimum Gasteiger partial charge on any atom is -0.339 e. The van der Waals surface area contributed by atoms with E-state index in [9.17, 15) is 13.2 Å². The van der Waals surface area contributed by atoms with Crippen molar-refractivity contribution < 1.29 is 13.2 Å². The quantitative estimate of drug-likeness (QED) is 0.851.